The third-order valence-corrected chi connectivity index (χ3v) is 3.54. The molecule has 0 heterocycles. The maximum Gasteiger partial charge on any atom is 0.119 e. The van der Waals surface area contributed by atoms with Gasteiger partial charge < -0.3 is 10.5 Å². The molecule has 2 aromatic carbocycles. The molecule has 112 valence electrons. The number of nitrogens with two attached hydrogens (primary N) is 1. The van der Waals surface area contributed by atoms with Gasteiger partial charge >= 0.3 is 0 Å². The minimum absolute atomic E-state index is 0.0689. The van der Waals surface area contributed by atoms with E-state index in [-0.39, 0.29) is 12.1 Å². The Balaban J connectivity index is 1.90. The Bertz CT molecular complexity index is 543. The lowest BCUT2D eigenvalue weighted by atomic mass is 9.99. The summed E-state index contributed by atoms with van der Waals surface area (Å²) in [6.07, 6.45) is 2.16. The van der Waals surface area contributed by atoms with Crippen LogP contribution in [0.2, 0.25) is 0 Å². The van der Waals surface area contributed by atoms with Crippen LogP contribution in [0.15, 0.2) is 48.5 Å². The topological polar surface area (TPSA) is 35.2 Å². The average molecular weight is 283 g/mol. The van der Waals surface area contributed by atoms with Crippen LogP contribution in [-0.2, 0) is 6.42 Å². The molecule has 0 aliphatic carbocycles. The lowest BCUT2D eigenvalue weighted by Crippen LogP contribution is -2.11. The summed E-state index contributed by atoms with van der Waals surface area (Å²) in [5, 5.41) is 0. The van der Waals surface area contributed by atoms with Gasteiger partial charge in [-0.1, -0.05) is 42.0 Å². The molecule has 21 heavy (non-hydrogen) atoms. The Morgan fingerprint density at radius 3 is 2.14 bits per heavy atom. The molecule has 2 rings (SSSR count). The van der Waals surface area contributed by atoms with E-state index < -0.39 is 0 Å². The zero-order valence-corrected chi connectivity index (χ0v) is 13.2. The maximum absolute atomic E-state index is 6.28. The van der Waals surface area contributed by atoms with Gasteiger partial charge in [-0.2, -0.15) is 0 Å². The smallest absolute Gasteiger partial charge is 0.119 e. The van der Waals surface area contributed by atoms with Crippen LogP contribution in [0.4, 0.5) is 0 Å². The van der Waals surface area contributed by atoms with Crippen molar-refractivity contribution in [3.05, 3.63) is 65.2 Å². The quantitative estimate of drug-likeness (QED) is 0.852. The second-order valence-electron chi connectivity index (χ2n) is 5.87. The van der Waals surface area contributed by atoms with Crippen LogP contribution in [0.1, 0.15) is 43.0 Å². The number of rotatable bonds is 6. The largest absolute Gasteiger partial charge is 0.491 e. The summed E-state index contributed by atoms with van der Waals surface area (Å²) in [4.78, 5) is 0. The zero-order valence-electron chi connectivity index (χ0n) is 13.2. The summed E-state index contributed by atoms with van der Waals surface area (Å²) < 4.78 is 5.65. The van der Waals surface area contributed by atoms with Crippen LogP contribution in [0.5, 0.6) is 5.75 Å². The second kappa shape index (κ2) is 7.28. The van der Waals surface area contributed by atoms with Crippen LogP contribution < -0.4 is 10.5 Å². The highest BCUT2D eigenvalue weighted by Gasteiger charge is 2.07. The molecule has 0 saturated heterocycles. The van der Waals surface area contributed by atoms with Gasteiger partial charge in [0, 0.05) is 6.04 Å². The highest BCUT2D eigenvalue weighted by molar-refractivity contribution is 5.29. The lowest BCUT2D eigenvalue weighted by molar-refractivity contribution is 0.242. The van der Waals surface area contributed by atoms with Crippen LogP contribution >= 0.6 is 0 Å². The van der Waals surface area contributed by atoms with Crippen molar-refractivity contribution in [2.45, 2.75) is 45.8 Å². The molecule has 0 saturated carbocycles. The molecule has 2 heteroatoms. The fraction of sp³-hybridized carbons (Fsp3) is 0.368. The number of hydrogen-bond acceptors (Lipinski definition) is 2. The van der Waals surface area contributed by atoms with Crippen LogP contribution in [-0.4, -0.2) is 6.10 Å². The van der Waals surface area contributed by atoms with Gasteiger partial charge in [-0.05, 0) is 56.9 Å². The second-order valence-corrected chi connectivity index (χ2v) is 5.87. The summed E-state index contributed by atoms with van der Waals surface area (Å²) in [6.45, 7) is 6.17. The summed E-state index contributed by atoms with van der Waals surface area (Å²) in [5.41, 5.74) is 10.1. The Kier molecular flexibility index (Phi) is 5.40. The highest BCUT2D eigenvalue weighted by Crippen LogP contribution is 2.21. The normalized spacial score (nSPS) is 12.4. The van der Waals surface area contributed by atoms with Crippen molar-refractivity contribution in [3.63, 3.8) is 0 Å². The van der Waals surface area contributed by atoms with Gasteiger partial charge in [0.1, 0.15) is 5.75 Å². The molecule has 0 fully saturated rings. The van der Waals surface area contributed by atoms with E-state index in [1.54, 1.807) is 0 Å². The van der Waals surface area contributed by atoms with Crippen molar-refractivity contribution >= 4 is 0 Å². The van der Waals surface area contributed by atoms with Crippen molar-refractivity contribution in [1.82, 2.24) is 0 Å². The summed E-state index contributed by atoms with van der Waals surface area (Å²) >= 11 is 0. The maximum atomic E-state index is 6.28. The molecule has 2 aromatic rings. The van der Waals surface area contributed by atoms with Crippen LogP contribution in [0.25, 0.3) is 0 Å². The summed E-state index contributed by atoms with van der Waals surface area (Å²) in [7, 11) is 0. The lowest BCUT2D eigenvalue weighted by Gasteiger charge is -2.14. The van der Waals surface area contributed by atoms with Crippen molar-refractivity contribution < 1.29 is 4.74 Å². The molecule has 0 bridgehead atoms. The van der Waals surface area contributed by atoms with Crippen molar-refractivity contribution in [1.29, 1.82) is 0 Å². The molecule has 2 N–H and O–H groups in total. The first kappa shape index (κ1) is 15.6. The molecule has 0 spiro atoms. The van der Waals surface area contributed by atoms with E-state index in [9.17, 15) is 0 Å². The van der Waals surface area contributed by atoms with Gasteiger partial charge in [-0.25, -0.2) is 0 Å². The molecular weight excluding hydrogens is 258 g/mol. The summed E-state index contributed by atoms with van der Waals surface area (Å²) in [6, 6.07) is 16.9. The molecule has 0 aromatic heterocycles. The zero-order chi connectivity index (χ0) is 15.2. The van der Waals surface area contributed by atoms with E-state index in [2.05, 4.69) is 43.3 Å². The fourth-order valence-electron chi connectivity index (χ4n) is 2.31. The van der Waals surface area contributed by atoms with Gasteiger partial charge in [0.15, 0.2) is 0 Å². The van der Waals surface area contributed by atoms with E-state index in [1.165, 1.54) is 16.7 Å². The molecule has 0 radical (unpaired) electrons. The molecule has 0 aliphatic heterocycles. The van der Waals surface area contributed by atoms with Gasteiger partial charge in [0.05, 0.1) is 6.10 Å². The van der Waals surface area contributed by atoms with Crippen LogP contribution in [0.3, 0.4) is 0 Å². The first-order valence-corrected chi connectivity index (χ1v) is 7.62. The predicted octanol–water partition coefficient (Wildman–Crippen LogP) is 4.41. The van der Waals surface area contributed by atoms with E-state index in [1.807, 2.05) is 26.0 Å². The van der Waals surface area contributed by atoms with Gasteiger partial charge in [-0.3, -0.25) is 0 Å². The predicted molar refractivity (Wildman–Crippen MR) is 88.6 cm³/mol. The Labute approximate surface area is 127 Å². The average Bonchev–Trinajstić information content (AvgIpc) is 2.46. The number of ether oxygens (including phenoxy) is 1. The Morgan fingerprint density at radius 2 is 1.57 bits per heavy atom. The van der Waals surface area contributed by atoms with E-state index in [0.717, 1.165) is 18.6 Å². The van der Waals surface area contributed by atoms with E-state index >= 15 is 0 Å². The monoisotopic (exact) mass is 283 g/mol. The molecule has 0 amide bonds. The minimum Gasteiger partial charge on any atom is -0.491 e. The standard InChI is InChI=1S/C19H25NO/c1-14(2)21-18-11-9-17(10-12-18)19(20)13-8-16-6-4-15(3)5-7-16/h4-7,9-12,14,19H,8,13,20H2,1-3H3. The van der Waals surface area contributed by atoms with Gasteiger partial charge in [0.2, 0.25) is 0 Å². The van der Waals surface area contributed by atoms with Crippen molar-refractivity contribution in [2.75, 3.05) is 0 Å². The van der Waals surface area contributed by atoms with Gasteiger partial charge in [-0.15, -0.1) is 0 Å². The first-order valence-electron chi connectivity index (χ1n) is 7.62. The fourth-order valence-corrected chi connectivity index (χ4v) is 2.31. The van der Waals surface area contributed by atoms with E-state index in [0.29, 0.717) is 0 Å². The molecular formula is C19H25NO. The molecule has 0 aliphatic rings. The Hall–Kier alpha value is -1.80. The number of benzene rings is 2. The SMILES string of the molecule is Cc1ccc(CCC(N)c2ccc(OC(C)C)cc2)cc1. The Morgan fingerprint density at radius 1 is 0.952 bits per heavy atom. The number of hydrogen-bond donors (Lipinski definition) is 1. The van der Waals surface area contributed by atoms with E-state index in [4.69, 9.17) is 10.5 Å². The molecule has 1 atom stereocenters. The summed E-state index contributed by atoms with van der Waals surface area (Å²) in [5.74, 6) is 0.902. The molecule has 1 unspecified atom stereocenters. The van der Waals surface area contributed by atoms with Crippen molar-refractivity contribution in [3.8, 4) is 5.75 Å². The van der Waals surface area contributed by atoms with Gasteiger partial charge in [0.25, 0.3) is 0 Å². The van der Waals surface area contributed by atoms with Crippen LogP contribution in [0, 0.1) is 6.92 Å². The third kappa shape index (κ3) is 4.91. The highest BCUT2D eigenvalue weighted by atomic mass is 16.5. The number of aryl methyl sites for hydroxylation is 2. The first-order chi connectivity index (χ1) is 10.0. The van der Waals surface area contributed by atoms with Crippen molar-refractivity contribution in [2.24, 2.45) is 5.73 Å². The molecule has 2 nitrogen and oxygen atoms in total. The third-order valence-electron chi connectivity index (χ3n) is 3.54. The minimum atomic E-state index is 0.0689.